The summed E-state index contributed by atoms with van der Waals surface area (Å²) in [5.74, 6) is -0.407. The van der Waals surface area contributed by atoms with Gasteiger partial charge < -0.3 is 19.1 Å². The molecule has 0 amide bonds. The average molecular weight is 299 g/mol. The van der Waals surface area contributed by atoms with Gasteiger partial charge in [0.05, 0.1) is 14.2 Å². The molecule has 0 bridgehead atoms. The van der Waals surface area contributed by atoms with E-state index >= 15 is 0 Å². The molecule has 22 heavy (non-hydrogen) atoms. The quantitative estimate of drug-likeness (QED) is 0.796. The van der Waals surface area contributed by atoms with E-state index in [4.69, 9.17) is 14.0 Å². The van der Waals surface area contributed by atoms with Gasteiger partial charge in [0.1, 0.15) is 22.8 Å². The minimum atomic E-state index is -1.09. The number of benzene rings is 2. The fourth-order valence-electron chi connectivity index (χ4n) is 2.33. The molecule has 0 aliphatic heterocycles. The van der Waals surface area contributed by atoms with Crippen LogP contribution in [-0.2, 0) is 0 Å². The van der Waals surface area contributed by atoms with Crippen molar-refractivity contribution in [1.82, 2.24) is 5.16 Å². The van der Waals surface area contributed by atoms with E-state index < -0.39 is 5.97 Å². The summed E-state index contributed by atoms with van der Waals surface area (Å²) in [5, 5.41) is 14.2. The van der Waals surface area contributed by atoms with Gasteiger partial charge in [0.2, 0.25) is 0 Å². The lowest BCUT2D eigenvalue weighted by Gasteiger charge is -2.11. The zero-order valence-electron chi connectivity index (χ0n) is 12.0. The van der Waals surface area contributed by atoms with Crippen LogP contribution in [-0.4, -0.2) is 30.5 Å². The molecule has 0 aliphatic carbocycles. The predicted octanol–water partition coefficient (Wildman–Crippen LogP) is 3.21. The Hall–Kier alpha value is -3.02. The largest absolute Gasteiger partial charge is 0.496 e. The topological polar surface area (TPSA) is 81.8 Å². The monoisotopic (exact) mass is 299 g/mol. The average Bonchev–Trinajstić information content (AvgIpc) is 2.97. The number of carboxylic acid groups (broad SMARTS) is 1. The van der Waals surface area contributed by atoms with Crippen molar-refractivity contribution >= 4 is 16.9 Å². The Bertz CT molecular complexity index is 853. The summed E-state index contributed by atoms with van der Waals surface area (Å²) in [4.78, 5) is 11.4. The molecule has 112 valence electrons. The minimum absolute atomic E-state index is 0.0328. The van der Waals surface area contributed by atoms with Crippen LogP contribution < -0.4 is 9.47 Å². The van der Waals surface area contributed by atoms with Crippen molar-refractivity contribution in [3.8, 4) is 22.8 Å². The first-order chi connectivity index (χ1) is 10.7. The number of ether oxygens (including phenoxy) is 2. The highest BCUT2D eigenvalue weighted by Gasteiger charge is 2.20. The third kappa shape index (κ3) is 2.14. The number of carboxylic acids is 1. The summed E-state index contributed by atoms with van der Waals surface area (Å²) in [5.41, 5.74) is 1.71. The Balaban J connectivity index is 2.29. The molecule has 1 N–H and O–H groups in total. The van der Waals surface area contributed by atoms with Crippen molar-refractivity contribution in [3.63, 3.8) is 0 Å². The highest BCUT2D eigenvalue weighted by Crippen LogP contribution is 2.38. The number of aromatic nitrogens is 1. The van der Waals surface area contributed by atoms with E-state index in [2.05, 4.69) is 5.16 Å². The standard InChI is InChI=1S/C16H13NO5/c1-20-13-8-14(21-2)11(16(18)19)7-10(13)15-9-5-3-4-6-12(9)22-17-15/h3-8H,1-2H3,(H,18,19). The number of hydrogen-bond donors (Lipinski definition) is 1. The number of para-hydroxylation sites is 1. The van der Waals surface area contributed by atoms with E-state index in [0.29, 0.717) is 22.6 Å². The van der Waals surface area contributed by atoms with E-state index in [9.17, 15) is 9.90 Å². The fourth-order valence-corrected chi connectivity index (χ4v) is 2.33. The molecule has 6 heteroatoms. The normalized spacial score (nSPS) is 10.6. The van der Waals surface area contributed by atoms with E-state index in [1.165, 1.54) is 26.4 Å². The zero-order valence-corrected chi connectivity index (χ0v) is 12.0. The van der Waals surface area contributed by atoms with E-state index in [-0.39, 0.29) is 11.3 Å². The maximum absolute atomic E-state index is 11.4. The highest BCUT2D eigenvalue weighted by molar-refractivity contribution is 5.98. The predicted molar refractivity (Wildman–Crippen MR) is 79.5 cm³/mol. The number of fused-ring (bicyclic) bond motifs is 1. The van der Waals surface area contributed by atoms with Crippen LogP contribution in [0.3, 0.4) is 0 Å². The molecule has 0 saturated heterocycles. The van der Waals surface area contributed by atoms with Crippen LogP contribution >= 0.6 is 0 Å². The van der Waals surface area contributed by atoms with Crippen LogP contribution in [0.4, 0.5) is 0 Å². The van der Waals surface area contributed by atoms with Crippen molar-refractivity contribution in [3.05, 3.63) is 42.0 Å². The van der Waals surface area contributed by atoms with Crippen molar-refractivity contribution in [2.45, 2.75) is 0 Å². The highest BCUT2D eigenvalue weighted by atomic mass is 16.5. The molecular weight excluding hydrogens is 286 g/mol. The minimum Gasteiger partial charge on any atom is -0.496 e. The summed E-state index contributed by atoms with van der Waals surface area (Å²) < 4.78 is 15.7. The van der Waals surface area contributed by atoms with Gasteiger partial charge in [-0.3, -0.25) is 0 Å². The van der Waals surface area contributed by atoms with Crippen LogP contribution in [0, 0.1) is 0 Å². The van der Waals surface area contributed by atoms with Crippen molar-refractivity contribution < 1.29 is 23.9 Å². The molecule has 0 spiro atoms. The van der Waals surface area contributed by atoms with Crippen molar-refractivity contribution in [1.29, 1.82) is 0 Å². The van der Waals surface area contributed by atoms with Crippen LogP contribution in [0.1, 0.15) is 10.4 Å². The molecule has 6 nitrogen and oxygen atoms in total. The first kappa shape index (κ1) is 13.9. The van der Waals surface area contributed by atoms with Gasteiger partial charge in [-0.2, -0.15) is 0 Å². The van der Waals surface area contributed by atoms with E-state index in [1.54, 1.807) is 6.07 Å². The third-order valence-electron chi connectivity index (χ3n) is 3.38. The lowest BCUT2D eigenvalue weighted by molar-refractivity contribution is 0.0693. The maximum Gasteiger partial charge on any atom is 0.339 e. The lowest BCUT2D eigenvalue weighted by Crippen LogP contribution is -2.02. The third-order valence-corrected chi connectivity index (χ3v) is 3.38. The molecule has 0 radical (unpaired) electrons. The molecule has 0 saturated carbocycles. The first-order valence-electron chi connectivity index (χ1n) is 6.49. The molecule has 0 unspecified atom stereocenters. The van der Waals surface area contributed by atoms with Gasteiger partial charge in [0.15, 0.2) is 5.58 Å². The van der Waals surface area contributed by atoms with Gasteiger partial charge in [-0.1, -0.05) is 17.3 Å². The van der Waals surface area contributed by atoms with Gasteiger partial charge in [0.25, 0.3) is 0 Å². The maximum atomic E-state index is 11.4. The molecule has 1 heterocycles. The molecule has 0 atom stereocenters. The SMILES string of the molecule is COc1cc(OC)c(-c2noc3ccccc23)cc1C(=O)O. The number of hydrogen-bond acceptors (Lipinski definition) is 5. The molecule has 3 aromatic rings. The Labute approximate surface area is 125 Å². The van der Waals surface area contributed by atoms with E-state index in [0.717, 1.165) is 5.39 Å². The molecular formula is C16H13NO5. The first-order valence-corrected chi connectivity index (χ1v) is 6.49. The Morgan fingerprint density at radius 3 is 2.55 bits per heavy atom. The van der Waals surface area contributed by atoms with Gasteiger partial charge >= 0.3 is 5.97 Å². The summed E-state index contributed by atoms with van der Waals surface area (Å²) in [6, 6.07) is 10.3. The summed E-state index contributed by atoms with van der Waals surface area (Å²) in [7, 11) is 2.91. The van der Waals surface area contributed by atoms with Gasteiger partial charge in [-0.25, -0.2) is 4.79 Å². The number of aromatic carboxylic acids is 1. The van der Waals surface area contributed by atoms with Crippen LogP contribution in [0.15, 0.2) is 40.9 Å². The van der Waals surface area contributed by atoms with Crippen LogP contribution in [0.5, 0.6) is 11.5 Å². The smallest absolute Gasteiger partial charge is 0.339 e. The molecule has 0 fully saturated rings. The Kier molecular flexibility index (Phi) is 3.42. The molecule has 3 rings (SSSR count). The number of nitrogens with zero attached hydrogens (tertiary/aromatic N) is 1. The second-order valence-electron chi connectivity index (χ2n) is 4.59. The van der Waals surface area contributed by atoms with Crippen molar-refractivity contribution in [2.75, 3.05) is 14.2 Å². The molecule has 0 aliphatic rings. The number of methoxy groups -OCH3 is 2. The second kappa shape index (κ2) is 5.40. The second-order valence-corrected chi connectivity index (χ2v) is 4.59. The number of carbonyl (C=O) groups is 1. The fraction of sp³-hybridized carbons (Fsp3) is 0.125. The van der Waals surface area contributed by atoms with Gasteiger partial charge in [0, 0.05) is 17.0 Å². The van der Waals surface area contributed by atoms with Gasteiger partial charge in [-0.05, 0) is 18.2 Å². The lowest BCUT2D eigenvalue weighted by atomic mass is 10.0. The van der Waals surface area contributed by atoms with Gasteiger partial charge in [-0.15, -0.1) is 0 Å². The molecule has 2 aromatic carbocycles. The Morgan fingerprint density at radius 1 is 1.14 bits per heavy atom. The summed E-state index contributed by atoms with van der Waals surface area (Å²) >= 11 is 0. The summed E-state index contributed by atoms with van der Waals surface area (Å²) in [6.07, 6.45) is 0. The Morgan fingerprint density at radius 2 is 1.86 bits per heavy atom. The zero-order chi connectivity index (χ0) is 15.7. The van der Waals surface area contributed by atoms with Crippen LogP contribution in [0.25, 0.3) is 22.2 Å². The molecule has 1 aromatic heterocycles. The number of rotatable bonds is 4. The van der Waals surface area contributed by atoms with E-state index in [1.807, 2.05) is 18.2 Å². The summed E-state index contributed by atoms with van der Waals surface area (Å²) in [6.45, 7) is 0. The van der Waals surface area contributed by atoms with Crippen molar-refractivity contribution in [2.24, 2.45) is 0 Å². The van der Waals surface area contributed by atoms with Crippen LogP contribution in [0.2, 0.25) is 0 Å².